The molecule has 0 saturated heterocycles. The molecule has 2 heterocycles. The van der Waals surface area contributed by atoms with Crippen molar-refractivity contribution in [2.75, 3.05) is 7.11 Å². The third-order valence-corrected chi connectivity index (χ3v) is 4.15. The van der Waals surface area contributed by atoms with Crippen LogP contribution in [0.4, 0.5) is 4.79 Å². The molecular formula is C23H22N4O4. The highest BCUT2D eigenvalue weighted by atomic mass is 16.6. The van der Waals surface area contributed by atoms with E-state index in [2.05, 4.69) is 26.7 Å². The Labute approximate surface area is 180 Å². The second kappa shape index (κ2) is 8.71. The monoisotopic (exact) mass is 418 g/mol. The number of carbonyl (C=O) groups excluding carboxylic acids is 2. The zero-order valence-corrected chi connectivity index (χ0v) is 17.6. The molecule has 1 aromatic carbocycles. The molecule has 0 radical (unpaired) electrons. The molecule has 8 heteroatoms. The van der Waals surface area contributed by atoms with E-state index in [0.717, 1.165) is 11.1 Å². The molecule has 0 aliphatic rings. The van der Waals surface area contributed by atoms with Crippen LogP contribution in [0.15, 0.2) is 42.6 Å². The summed E-state index contributed by atoms with van der Waals surface area (Å²) >= 11 is 0. The lowest BCUT2D eigenvalue weighted by atomic mass is 10.0. The van der Waals surface area contributed by atoms with E-state index in [0.29, 0.717) is 22.5 Å². The van der Waals surface area contributed by atoms with E-state index in [1.165, 1.54) is 13.3 Å². The van der Waals surface area contributed by atoms with Gasteiger partial charge in [-0.2, -0.15) is 0 Å². The van der Waals surface area contributed by atoms with Crippen LogP contribution in [0.1, 0.15) is 36.7 Å². The number of hydrazine groups is 1. The maximum absolute atomic E-state index is 12.9. The molecule has 0 atom stereocenters. The number of rotatable bonds is 3. The molecule has 3 aromatic rings. The molecular weight excluding hydrogens is 396 g/mol. The molecule has 158 valence electrons. The number of hydrogen-bond acceptors (Lipinski definition) is 6. The summed E-state index contributed by atoms with van der Waals surface area (Å²) in [5, 5.41) is 0.494. The van der Waals surface area contributed by atoms with Crippen LogP contribution in [0.3, 0.4) is 0 Å². The van der Waals surface area contributed by atoms with E-state index < -0.39 is 17.6 Å². The molecule has 2 N–H and O–H groups in total. The van der Waals surface area contributed by atoms with E-state index in [1.54, 1.807) is 45.0 Å². The van der Waals surface area contributed by atoms with Gasteiger partial charge in [0.1, 0.15) is 5.60 Å². The summed E-state index contributed by atoms with van der Waals surface area (Å²) in [6, 6.07) is 10.5. The smallest absolute Gasteiger partial charge is 0.426 e. The number of hydrogen-bond donors (Lipinski definition) is 2. The van der Waals surface area contributed by atoms with Gasteiger partial charge in [-0.1, -0.05) is 18.1 Å². The topological polar surface area (TPSA) is 102 Å². The highest BCUT2D eigenvalue weighted by molar-refractivity contribution is 6.07. The molecule has 8 nitrogen and oxygen atoms in total. The fourth-order valence-corrected chi connectivity index (χ4v) is 2.77. The lowest BCUT2D eigenvalue weighted by Crippen LogP contribution is -2.44. The van der Waals surface area contributed by atoms with Gasteiger partial charge < -0.3 is 9.47 Å². The first-order valence-electron chi connectivity index (χ1n) is 9.41. The molecule has 31 heavy (non-hydrogen) atoms. The number of carbonyl (C=O) groups is 2. The van der Waals surface area contributed by atoms with Crippen molar-refractivity contribution < 1.29 is 19.1 Å². The summed E-state index contributed by atoms with van der Waals surface area (Å²) in [7, 11) is 1.49. The number of amides is 2. The normalized spacial score (nSPS) is 10.8. The van der Waals surface area contributed by atoms with E-state index in [9.17, 15) is 9.59 Å². The highest BCUT2D eigenvalue weighted by Gasteiger charge is 2.19. The molecule has 0 spiro atoms. The van der Waals surface area contributed by atoms with Gasteiger partial charge in [0.2, 0.25) is 5.88 Å². The molecule has 0 aliphatic carbocycles. The van der Waals surface area contributed by atoms with Gasteiger partial charge in [0, 0.05) is 28.8 Å². The fraction of sp³-hybridized carbons (Fsp3) is 0.217. The summed E-state index contributed by atoms with van der Waals surface area (Å²) in [5.41, 5.74) is 6.74. The van der Waals surface area contributed by atoms with Crippen molar-refractivity contribution in [2.45, 2.75) is 26.4 Å². The van der Waals surface area contributed by atoms with Crippen LogP contribution < -0.4 is 15.6 Å². The molecule has 0 aliphatic heterocycles. The fourth-order valence-electron chi connectivity index (χ4n) is 2.77. The Balaban J connectivity index is 1.99. The van der Waals surface area contributed by atoms with Crippen LogP contribution in [0, 0.1) is 12.3 Å². The Morgan fingerprint density at radius 3 is 2.42 bits per heavy atom. The second-order valence-corrected chi connectivity index (χ2v) is 7.60. The number of aromatic nitrogens is 2. The lowest BCUT2D eigenvalue weighted by molar-refractivity contribution is 0.0483. The summed E-state index contributed by atoms with van der Waals surface area (Å²) < 4.78 is 10.3. The van der Waals surface area contributed by atoms with Gasteiger partial charge in [-0.05, 0) is 39.0 Å². The summed E-state index contributed by atoms with van der Waals surface area (Å²) in [5.74, 6) is 2.37. The van der Waals surface area contributed by atoms with Crippen molar-refractivity contribution in [3.63, 3.8) is 0 Å². The van der Waals surface area contributed by atoms with Crippen molar-refractivity contribution >= 4 is 22.9 Å². The van der Waals surface area contributed by atoms with Crippen LogP contribution in [0.5, 0.6) is 5.88 Å². The minimum Gasteiger partial charge on any atom is -0.481 e. The number of methoxy groups -OCH3 is 1. The molecule has 3 rings (SSSR count). The van der Waals surface area contributed by atoms with Crippen molar-refractivity contribution in [2.24, 2.45) is 0 Å². The summed E-state index contributed by atoms with van der Waals surface area (Å²) in [6.45, 7) is 5.17. The Kier molecular flexibility index (Phi) is 6.07. The van der Waals surface area contributed by atoms with Gasteiger partial charge in [0.25, 0.3) is 5.91 Å². The van der Waals surface area contributed by atoms with E-state index >= 15 is 0 Å². The van der Waals surface area contributed by atoms with Gasteiger partial charge in [0.15, 0.2) is 0 Å². The second-order valence-electron chi connectivity index (χ2n) is 7.60. The molecule has 0 fully saturated rings. The SMILES string of the molecule is C#Cc1ccc(-c2cc(C(=O)NNC(=O)OC(C)(C)C)c3cnc(OC)cc3n2)cc1. The van der Waals surface area contributed by atoms with Gasteiger partial charge >= 0.3 is 6.09 Å². The van der Waals surface area contributed by atoms with Crippen LogP contribution >= 0.6 is 0 Å². The maximum Gasteiger partial charge on any atom is 0.426 e. The standard InChI is InChI=1S/C23H22N4O4/c1-6-14-7-9-15(10-8-14)18-11-16(17-13-24-20(30-5)12-19(17)25-18)21(28)26-27-22(29)31-23(2,3)4/h1,7-13H,2-5H3,(H,26,28)(H,27,29). The molecule has 0 saturated carbocycles. The van der Waals surface area contributed by atoms with Crippen LogP contribution in [-0.4, -0.2) is 34.7 Å². The summed E-state index contributed by atoms with van der Waals surface area (Å²) in [4.78, 5) is 33.6. The maximum atomic E-state index is 12.9. The predicted molar refractivity (Wildman–Crippen MR) is 116 cm³/mol. The number of pyridine rings is 2. The van der Waals surface area contributed by atoms with Crippen molar-refractivity contribution in [1.29, 1.82) is 0 Å². The number of ether oxygens (including phenoxy) is 2. The van der Waals surface area contributed by atoms with Crippen LogP contribution in [-0.2, 0) is 4.74 Å². The van der Waals surface area contributed by atoms with Crippen LogP contribution in [0.2, 0.25) is 0 Å². The number of benzene rings is 1. The van der Waals surface area contributed by atoms with Crippen molar-refractivity contribution in [1.82, 2.24) is 20.8 Å². The average molecular weight is 418 g/mol. The number of fused-ring (bicyclic) bond motifs is 1. The van der Waals surface area contributed by atoms with E-state index in [1.807, 2.05) is 12.1 Å². The Hall–Kier alpha value is -4.12. The van der Waals surface area contributed by atoms with E-state index in [4.69, 9.17) is 15.9 Å². The third kappa shape index (κ3) is 5.28. The Bertz CT molecular complexity index is 1180. The van der Waals surface area contributed by atoms with Gasteiger partial charge in [-0.15, -0.1) is 6.42 Å². The highest BCUT2D eigenvalue weighted by Crippen LogP contribution is 2.26. The van der Waals surface area contributed by atoms with Gasteiger partial charge in [-0.25, -0.2) is 20.2 Å². The number of terminal acetylenes is 1. The molecule has 2 amide bonds. The van der Waals surface area contributed by atoms with E-state index in [-0.39, 0.29) is 5.56 Å². The zero-order valence-electron chi connectivity index (χ0n) is 17.6. The molecule has 0 unspecified atom stereocenters. The third-order valence-electron chi connectivity index (χ3n) is 4.15. The van der Waals surface area contributed by atoms with Crippen LogP contribution in [0.25, 0.3) is 22.2 Å². The predicted octanol–water partition coefficient (Wildman–Crippen LogP) is 3.46. The molecule has 2 aromatic heterocycles. The van der Waals surface area contributed by atoms with Crippen molar-refractivity contribution in [3.8, 4) is 29.5 Å². The zero-order chi connectivity index (χ0) is 22.6. The average Bonchev–Trinajstić information content (AvgIpc) is 2.75. The molecule has 0 bridgehead atoms. The van der Waals surface area contributed by atoms with Gasteiger partial charge in [-0.3, -0.25) is 10.2 Å². The minimum absolute atomic E-state index is 0.271. The largest absolute Gasteiger partial charge is 0.481 e. The Morgan fingerprint density at radius 1 is 1.10 bits per heavy atom. The first kappa shape index (κ1) is 21.6. The minimum atomic E-state index is -0.774. The summed E-state index contributed by atoms with van der Waals surface area (Å²) in [6.07, 6.45) is 6.14. The van der Waals surface area contributed by atoms with Gasteiger partial charge in [0.05, 0.1) is 23.9 Å². The number of nitrogens with one attached hydrogen (secondary N) is 2. The van der Waals surface area contributed by atoms with Crippen molar-refractivity contribution in [3.05, 3.63) is 53.7 Å². The first-order valence-corrected chi connectivity index (χ1v) is 9.41. The Morgan fingerprint density at radius 2 is 1.81 bits per heavy atom. The quantitative estimate of drug-likeness (QED) is 0.499. The first-order chi connectivity index (χ1) is 14.7. The number of nitrogens with zero attached hydrogens (tertiary/aromatic N) is 2. The lowest BCUT2D eigenvalue weighted by Gasteiger charge is -2.20.